The van der Waals surface area contributed by atoms with Crippen molar-refractivity contribution in [2.45, 2.75) is 69.4 Å². The lowest BCUT2D eigenvalue weighted by atomic mass is 10.0. The lowest BCUT2D eigenvalue weighted by Gasteiger charge is -2.16. The number of rotatable bonds is 5. The Bertz CT molecular complexity index is 459. The molecule has 4 nitrogen and oxygen atoms in total. The van der Waals surface area contributed by atoms with Gasteiger partial charge in [-0.2, -0.15) is 13.2 Å². The number of Topliss-reactive ketones (excluding diaryl/α,β-unsaturated/α-hetero) is 1. The van der Waals surface area contributed by atoms with E-state index in [0.29, 0.717) is 33.1 Å². The van der Waals surface area contributed by atoms with Gasteiger partial charge < -0.3 is 4.55 Å². The van der Waals surface area contributed by atoms with Crippen LogP contribution in [0.2, 0.25) is 0 Å². The van der Waals surface area contributed by atoms with Gasteiger partial charge >= 0.3 is 5.51 Å². The van der Waals surface area contributed by atoms with Crippen molar-refractivity contribution in [2.24, 2.45) is 5.92 Å². The van der Waals surface area contributed by atoms with Crippen molar-refractivity contribution in [1.29, 1.82) is 0 Å². The molecule has 1 aliphatic rings. The van der Waals surface area contributed by atoms with E-state index in [2.05, 4.69) is 27.7 Å². The van der Waals surface area contributed by atoms with Crippen LogP contribution in [0.1, 0.15) is 53.4 Å². The Hall–Kier alpha value is -0.280. The summed E-state index contributed by atoms with van der Waals surface area (Å²) in [6.07, 6.45) is 4.86. The van der Waals surface area contributed by atoms with Crippen LogP contribution in [0.4, 0.5) is 13.2 Å². The minimum absolute atomic E-state index is 0.296. The second-order valence-electron chi connectivity index (χ2n) is 6.06. The van der Waals surface area contributed by atoms with E-state index in [-0.39, 0.29) is 0 Å². The lowest BCUT2D eigenvalue weighted by molar-refractivity contribution is -0.120. The summed E-state index contributed by atoms with van der Waals surface area (Å²) in [5, 5.41) is 1.32. The maximum atomic E-state index is 12.1. The molecule has 1 rings (SSSR count). The zero-order chi connectivity index (χ0) is 18.4. The molecule has 0 atom stereocenters. The molecule has 23 heavy (non-hydrogen) atoms. The van der Waals surface area contributed by atoms with Crippen LogP contribution in [0.15, 0.2) is 0 Å². The van der Waals surface area contributed by atoms with E-state index in [0.717, 1.165) is 18.6 Å². The molecule has 1 aliphatic carbocycles. The Balaban J connectivity index is 0.000000515. The van der Waals surface area contributed by atoms with Crippen LogP contribution in [-0.4, -0.2) is 40.5 Å². The van der Waals surface area contributed by atoms with Gasteiger partial charge in [0.2, 0.25) is 0 Å². The van der Waals surface area contributed by atoms with Crippen molar-refractivity contribution in [2.75, 3.05) is 5.75 Å². The normalized spacial score (nSPS) is 16.8. The second-order valence-corrected chi connectivity index (χ2v) is 10.5. The molecule has 0 saturated heterocycles. The van der Waals surface area contributed by atoms with Gasteiger partial charge in [0.25, 0.3) is 0 Å². The molecule has 0 N–H and O–H groups in total. The average Bonchev–Trinajstić information content (AvgIpc) is 2.86. The minimum Gasteiger partial charge on any atom is -0.741 e. The molecule has 9 heteroatoms. The predicted molar refractivity (Wildman–Crippen MR) is 85.2 cm³/mol. The summed E-state index contributed by atoms with van der Waals surface area (Å²) in [6, 6.07) is 0. The first-order valence-corrected chi connectivity index (χ1v) is 10.4. The Morgan fingerprint density at radius 2 is 1.48 bits per heavy atom. The Labute approximate surface area is 139 Å². The van der Waals surface area contributed by atoms with E-state index in [1.807, 2.05) is 0 Å². The molecule has 0 aromatic carbocycles. The van der Waals surface area contributed by atoms with Crippen LogP contribution in [-0.2, 0) is 25.8 Å². The quantitative estimate of drug-likeness (QED) is 0.418. The molecule has 0 aromatic heterocycles. The highest BCUT2D eigenvalue weighted by Crippen LogP contribution is 2.27. The van der Waals surface area contributed by atoms with Crippen LogP contribution >= 0.6 is 0 Å². The van der Waals surface area contributed by atoms with Crippen molar-refractivity contribution < 1.29 is 30.9 Å². The van der Waals surface area contributed by atoms with Gasteiger partial charge in [-0.05, 0) is 51.4 Å². The lowest BCUT2D eigenvalue weighted by Crippen LogP contribution is -2.33. The highest BCUT2D eigenvalue weighted by Gasteiger charge is 2.37. The number of hydrogen-bond donors (Lipinski definition) is 0. The van der Waals surface area contributed by atoms with Crippen molar-refractivity contribution >= 4 is 26.8 Å². The summed E-state index contributed by atoms with van der Waals surface area (Å²) in [6.45, 7) is 9.02. The summed E-state index contributed by atoms with van der Waals surface area (Å²) >= 11 is 0. The van der Waals surface area contributed by atoms with E-state index < -0.39 is 15.6 Å². The molecular weight excluding hydrogens is 353 g/mol. The largest absolute Gasteiger partial charge is 0.741 e. The first kappa shape index (κ1) is 22.7. The molecule has 0 amide bonds. The molecule has 1 fully saturated rings. The first-order chi connectivity index (χ1) is 10.3. The fourth-order valence-corrected chi connectivity index (χ4v) is 4.73. The highest BCUT2D eigenvalue weighted by atomic mass is 32.2. The van der Waals surface area contributed by atoms with Crippen molar-refractivity contribution in [1.82, 2.24) is 0 Å². The smallest absolute Gasteiger partial charge is 0.485 e. The number of hydrogen-bond acceptors (Lipinski definition) is 4. The van der Waals surface area contributed by atoms with Gasteiger partial charge in [-0.15, -0.1) is 0 Å². The van der Waals surface area contributed by atoms with Gasteiger partial charge in [0.05, 0.1) is 0 Å². The molecule has 0 spiro atoms. The standard InChI is InChI=1S/C13H25OS.CHF3O3S/c1-10(2)15(11(3)4)9-13(14)12-7-5-6-8-12;2-1(3,4)8(5,6)7/h10-12H,5-9H2,1-4H3;(H,5,6,7)/q+1;/p-1. The monoisotopic (exact) mass is 378 g/mol. The van der Waals surface area contributed by atoms with Crippen molar-refractivity contribution in [3.8, 4) is 0 Å². The van der Waals surface area contributed by atoms with Gasteiger partial charge in [-0.25, -0.2) is 8.42 Å². The second kappa shape index (κ2) is 9.27. The topological polar surface area (TPSA) is 74.3 Å². The van der Waals surface area contributed by atoms with E-state index in [4.69, 9.17) is 13.0 Å². The molecule has 0 radical (unpaired) electrons. The Morgan fingerprint density at radius 3 is 1.74 bits per heavy atom. The summed E-state index contributed by atoms with van der Waals surface area (Å²) in [7, 11) is -5.79. The summed E-state index contributed by atoms with van der Waals surface area (Å²) in [4.78, 5) is 12.1. The fraction of sp³-hybridized carbons (Fsp3) is 0.929. The SMILES string of the molecule is CC(C)[S+](CC(=O)C1CCCC1)C(C)C.O=S(=O)([O-])C(F)(F)F. The van der Waals surface area contributed by atoms with Crippen molar-refractivity contribution in [3.63, 3.8) is 0 Å². The third kappa shape index (κ3) is 8.39. The van der Waals surface area contributed by atoms with Crippen LogP contribution in [0, 0.1) is 5.92 Å². The van der Waals surface area contributed by atoms with E-state index in [9.17, 15) is 18.0 Å². The summed E-state index contributed by atoms with van der Waals surface area (Å²) in [5.74, 6) is 1.82. The molecule has 0 unspecified atom stereocenters. The van der Waals surface area contributed by atoms with Crippen LogP contribution in [0.3, 0.4) is 0 Å². The van der Waals surface area contributed by atoms with Crippen LogP contribution in [0.5, 0.6) is 0 Å². The summed E-state index contributed by atoms with van der Waals surface area (Å²) in [5.41, 5.74) is -5.65. The zero-order valence-electron chi connectivity index (χ0n) is 13.9. The number of carbonyl (C=O) groups excluding carboxylic acids is 1. The minimum atomic E-state index is -6.09. The van der Waals surface area contributed by atoms with E-state index in [1.165, 1.54) is 12.8 Å². The number of halogens is 3. The molecule has 0 aliphatic heterocycles. The average molecular weight is 378 g/mol. The van der Waals surface area contributed by atoms with Crippen LogP contribution in [0.25, 0.3) is 0 Å². The van der Waals surface area contributed by atoms with E-state index in [1.54, 1.807) is 0 Å². The molecule has 0 bridgehead atoms. The van der Waals surface area contributed by atoms with Crippen LogP contribution < -0.4 is 0 Å². The number of carbonyl (C=O) groups is 1. The van der Waals surface area contributed by atoms with Gasteiger partial charge in [-0.3, -0.25) is 4.79 Å². The Morgan fingerprint density at radius 1 is 1.13 bits per heavy atom. The first-order valence-electron chi connectivity index (χ1n) is 7.50. The fourth-order valence-electron chi connectivity index (χ4n) is 2.41. The predicted octanol–water partition coefficient (Wildman–Crippen LogP) is 3.23. The van der Waals surface area contributed by atoms with Gasteiger partial charge in [0.15, 0.2) is 21.7 Å². The Kier molecular flexibility index (Phi) is 9.15. The maximum absolute atomic E-state index is 12.1. The van der Waals surface area contributed by atoms with Gasteiger partial charge in [-0.1, -0.05) is 12.8 Å². The zero-order valence-corrected chi connectivity index (χ0v) is 15.5. The van der Waals surface area contributed by atoms with Gasteiger partial charge in [0, 0.05) is 5.92 Å². The molecule has 0 aromatic rings. The van der Waals surface area contributed by atoms with Gasteiger partial charge in [0.1, 0.15) is 10.5 Å². The third-order valence-electron chi connectivity index (χ3n) is 3.61. The highest BCUT2D eigenvalue weighted by molar-refractivity contribution is 7.98. The number of alkyl halides is 3. The van der Waals surface area contributed by atoms with Crippen molar-refractivity contribution in [3.05, 3.63) is 0 Å². The third-order valence-corrected chi connectivity index (χ3v) is 7.22. The number of ketones is 1. The summed E-state index contributed by atoms with van der Waals surface area (Å²) < 4.78 is 58.9. The molecular formula is C14H25F3O4S2. The maximum Gasteiger partial charge on any atom is 0.485 e. The molecule has 0 heterocycles. The molecule has 138 valence electrons. The van der Waals surface area contributed by atoms with E-state index >= 15 is 0 Å². The molecule has 1 saturated carbocycles.